The first-order chi connectivity index (χ1) is 12.4. The van der Waals surface area contributed by atoms with E-state index < -0.39 is 11.4 Å². The van der Waals surface area contributed by atoms with Crippen molar-refractivity contribution in [3.05, 3.63) is 48.2 Å². The third kappa shape index (κ3) is 5.12. The van der Waals surface area contributed by atoms with Gasteiger partial charge in [-0.2, -0.15) is 13.2 Å². The second-order valence-electron chi connectivity index (χ2n) is 5.53. The van der Waals surface area contributed by atoms with Gasteiger partial charge in [0.15, 0.2) is 0 Å². The Morgan fingerprint density at radius 1 is 1.12 bits per heavy atom. The van der Waals surface area contributed by atoms with Crippen LogP contribution in [-0.4, -0.2) is 42.7 Å². The van der Waals surface area contributed by atoms with Crippen LogP contribution < -0.4 is 10.2 Å². The predicted molar refractivity (Wildman–Crippen MR) is 93.6 cm³/mol. The van der Waals surface area contributed by atoms with E-state index in [1.165, 1.54) is 24.3 Å². The van der Waals surface area contributed by atoms with Gasteiger partial charge in [-0.3, -0.25) is 4.79 Å². The maximum Gasteiger partial charge on any atom is 0.446 e. The Kier molecular flexibility index (Phi) is 5.67. The van der Waals surface area contributed by atoms with E-state index in [9.17, 15) is 18.0 Å². The molecule has 26 heavy (non-hydrogen) atoms. The number of aromatic nitrogens is 1. The maximum atomic E-state index is 12.3. The maximum absolute atomic E-state index is 12.3. The molecule has 1 N–H and O–H groups in total. The number of rotatable bonds is 4. The molecule has 0 aliphatic carbocycles. The normalized spacial score (nSPS) is 15.0. The lowest BCUT2D eigenvalue weighted by atomic mass is 10.2. The number of halogens is 3. The van der Waals surface area contributed by atoms with Gasteiger partial charge in [-0.25, -0.2) is 4.98 Å². The molecule has 1 saturated heterocycles. The first-order valence-corrected chi connectivity index (χ1v) is 8.68. The van der Waals surface area contributed by atoms with Gasteiger partial charge in [0.25, 0.3) is 5.91 Å². The van der Waals surface area contributed by atoms with Crippen molar-refractivity contribution in [1.82, 2.24) is 4.98 Å². The van der Waals surface area contributed by atoms with Crippen LogP contribution in [0.4, 0.5) is 24.7 Å². The highest BCUT2D eigenvalue weighted by Gasteiger charge is 2.29. The van der Waals surface area contributed by atoms with E-state index in [-0.39, 0.29) is 22.2 Å². The average Bonchev–Trinajstić information content (AvgIpc) is 2.62. The zero-order valence-corrected chi connectivity index (χ0v) is 14.4. The molecule has 2 aromatic rings. The number of ether oxygens (including phenoxy) is 1. The van der Waals surface area contributed by atoms with Crippen LogP contribution in [0.25, 0.3) is 0 Å². The fraction of sp³-hybridized carbons (Fsp3) is 0.294. The molecule has 0 radical (unpaired) electrons. The van der Waals surface area contributed by atoms with Gasteiger partial charge in [0.2, 0.25) is 0 Å². The van der Waals surface area contributed by atoms with Gasteiger partial charge in [-0.05, 0) is 48.2 Å². The highest BCUT2D eigenvalue weighted by atomic mass is 32.2. The summed E-state index contributed by atoms with van der Waals surface area (Å²) >= 11 is -0.215. The van der Waals surface area contributed by atoms with E-state index >= 15 is 0 Å². The monoisotopic (exact) mass is 383 g/mol. The number of nitrogens with one attached hydrogen (secondary N) is 1. The first kappa shape index (κ1) is 18.5. The number of alkyl halides is 3. The van der Waals surface area contributed by atoms with E-state index in [0.717, 1.165) is 18.9 Å². The fourth-order valence-corrected chi connectivity index (χ4v) is 2.99. The van der Waals surface area contributed by atoms with E-state index in [0.29, 0.717) is 18.9 Å². The minimum Gasteiger partial charge on any atom is -0.378 e. The number of pyridine rings is 1. The molecule has 1 aromatic heterocycles. The molecule has 1 aliphatic rings. The summed E-state index contributed by atoms with van der Waals surface area (Å²) in [5.41, 5.74) is -3.56. The second kappa shape index (κ2) is 7.96. The summed E-state index contributed by atoms with van der Waals surface area (Å²) in [4.78, 5) is 18.7. The number of nitrogens with zero attached hydrogens (tertiary/aromatic N) is 2. The molecule has 0 bridgehead atoms. The summed E-state index contributed by atoms with van der Waals surface area (Å²) in [5, 5.41) is 2.68. The molecule has 0 saturated carbocycles. The van der Waals surface area contributed by atoms with Gasteiger partial charge in [-0.15, -0.1) is 0 Å². The van der Waals surface area contributed by atoms with E-state index in [2.05, 4.69) is 15.2 Å². The van der Waals surface area contributed by atoms with Crippen LogP contribution in [0, 0.1) is 0 Å². The molecule has 0 spiro atoms. The van der Waals surface area contributed by atoms with Gasteiger partial charge in [0, 0.05) is 23.5 Å². The topological polar surface area (TPSA) is 54.5 Å². The molecular weight excluding hydrogens is 367 g/mol. The Balaban J connectivity index is 1.60. The summed E-state index contributed by atoms with van der Waals surface area (Å²) in [6.45, 7) is 2.84. The van der Waals surface area contributed by atoms with Crippen molar-refractivity contribution < 1.29 is 22.7 Å². The highest BCUT2D eigenvalue weighted by Crippen LogP contribution is 2.36. The first-order valence-electron chi connectivity index (χ1n) is 7.87. The number of amides is 1. The molecular formula is C17H16F3N3O2S. The summed E-state index contributed by atoms with van der Waals surface area (Å²) in [5.74, 6) is 0.398. The van der Waals surface area contributed by atoms with Crippen LogP contribution in [0.3, 0.4) is 0 Å². The lowest BCUT2D eigenvalue weighted by Gasteiger charge is -2.27. The zero-order valence-electron chi connectivity index (χ0n) is 13.6. The van der Waals surface area contributed by atoms with Crippen molar-refractivity contribution in [1.29, 1.82) is 0 Å². The molecule has 2 heterocycles. The minimum absolute atomic E-state index is 0.0329. The van der Waals surface area contributed by atoms with Gasteiger partial charge in [0.05, 0.1) is 25.1 Å². The van der Waals surface area contributed by atoms with E-state index in [1.54, 1.807) is 12.3 Å². The number of hydrogen-bond acceptors (Lipinski definition) is 5. The van der Waals surface area contributed by atoms with E-state index in [4.69, 9.17) is 4.74 Å². The van der Waals surface area contributed by atoms with E-state index in [1.807, 2.05) is 6.07 Å². The van der Waals surface area contributed by atoms with Crippen LogP contribution in [-0.2, 0) is 4.74 Å². The predicted octanol–water partition coefficient (Wildman–Crippen LogP) is 3.78. The lowest BCUT2D eigenvalue weighted by molar-refractivity contribution is -0.0328. The van der Waals surface area contributed by atoms with Crippen LogP contribution in [0.15, 0.2) is 47.5 Å². The number of carbonyl (C=O) groups is 1. The molecule has 0 atom stereocenters. The zero-order chi connectivity index (χ0) is 18.6. The van der Waals surface area contributed by atoms with Crippen molar-refractivity contribution in [2.75, 3.05) is 36.5 Å². The third-order valence-electron chi connectivity index (χ3n) is 3.69. The number of morpholine rings is 1. The Morgan fingerprint density at radius 3 is 2.38 bits per heavy atom. The summed E-state index contributed by atoms with van der Waals surface area (Å²) < 4.78 is 42.3. The lowest BCUT2D eigenvalue weighted by Crippen LogP contribution is -2.36. The van der Waals surface area contributed by atoms with Crippen LogP contribution >= 0.6 is 11.8 Å². The van der Waals surface area contributed by atoms with Crippen molar-refractivity contribution in [3.63, 3.8) is 0 Å². The SMILES string of the molecule is O=C(Nc1ccc(N2CCOCC2)nc1)c1ccc(SC(F)(F)F)cc1. The Labute approximate surface area is 152 Å². The largest absolute Gasteiger partial charge is 0.446 e. The quantitative estimate of drug-likeness (QED) is 0.815. The van der Waals surface area contributed by atoms with Crippen LogP contribution in [0.5, 0.6) is 0 Å². The summed E-state index contributed by atoms with van der Waals surface area (Å²) in [6.07, 6.45) is 1.55. The highest BCUT2D eigenvalue weighted by molar-refractivity contribution is 8.00. The molecule has 9 heteroatoms. The number of anilines is 2. The standard InChI is InChI=1S/C17H16F3N3O2S/c18-17(19,20)26-14-4-1-12(2-5-14)16(24)22-13-3-6-15(21-11-13)23-7-9-25-10-8-23/h1-6,11H,7-10H2,(H,22,24). The molecule has 3 rings (SSSR count). The fourth-order valence-electron chi connectivity index (χ4n) is 2.45. The van der Waals surface area contributed by atoms with Gasteiger partial charge < -0.3 is 15.0 Å². The molecule has 0 unspecified atom stereocenters. The Morgan fingerprint density at radius 2 is 1.81 bits per heavy atom. The van der Waals surface area contributed by atoms with Crippen LogP contribution in [0.1, 0.15) is 10.4 Å². The molecule has 138 valence electrons. The molecule has 1 aromatic carbocycles. The molecule has 1 aliphatic heterocycles. The Bertz CT molecular complexity index is 745. The van der Waals surface area contributed by atoms with Crippen molar-refractivity contribution in [2.45, 2.75) is 10.4 Å². The molecule has 1 amide bonds. The third-order valence-corrected chi connectivity index (χ3v) is 4.43. The van der Waals surface area contributed by atoms with Crippen LogP contribution in [0.2, 0.25) is 0 Å². The van der Waals surface area contributed by atoms with Gasteiger partial charge >= 0.3 is 5.51 Å². The van der Waals surface area contributed by atoms with Gasteiger partial charge in [0.1, 0.15) is 5.82 Å². The number of carbonyl (C=O) groups excluding carboxylic acids is 1. The average molecular weight is 383 g/mol. The summed E-state index contributed by atoms with van der Waals surface area (Å²) in [6, 6.07) is 8.81. The van der Waals surface area contributed by atoms with Crippen molar-refractivity contribution in [3.8, 4) is 0 Å². The summed E-state index contributed by atoms with van der Waals surface area (Å²) in [7, 11) is 0. The van der Waals surface area contributed by atoms with Crippen molar-refractivity contribution in [2.24, 2.45) is 0 Å². The minimum atomic E-state index is -4.35. The van der Waals surface area contributed by atoms with Crippen molar-refractivity contribution >= 4 is 29.2 Å². The Hall–Kier alpha value is -2.26. The smallest absolute Gasteiger partial charge is 0.378 e. The second-order valence-corrected chi connectivity index (χ2v) is 6.67. The number of benzene rings is 1. The number of thioether (sulfide) groups is 1. The van der Waals surface area contributed by atoms with Gasteiger partial charge in [-0.1, -0.05) is 0 Å². The molecule has 1 fully saturated rings. The number of hydrogen-bond donors (Lipinski definition) is 1. The molecule has 5 nitrogen and oxygen atoms in total.